The summed E-state index contributed by atoms with van der Waals surface area (Å²) >= 11 is 0. The summed E-state index contributed by atoms with van der Waals surface area (Å²) < 4.78 is 55.6. The molecule has 0 amide bonds. The van der Waals surface area contributed by atoms with Crippen molar-refractivity contribution in [3.05, 3.63) is 35.1 Å². The quantitative estimate of drug-likeness (QED) is 0.852. The molecule has 0 aliphatic rings. The Balaban J connectivity index is 2.95. The maximum Gasteiger partial charge on any atom is 0.419 e. The lowest BCUT2D eigenvalue weighted by atomic mass is 9.95. The molecule has 2 nitrogen and oxygen atoms in total. The van der Waals surface area contributed by atoms with E-state index in [1.54, 1.807) is 13.8 Å². The molecule has 1 aromatic carbocycles. The van der Waals surface area contributed by atoms with Crippen LogP contribution in [0.1, 0.15) is 37.5 Å². The fraction of sp³-hybridized carbons (Fsp3) is 0.538. The fourth-order valence-corrected chi connectivity index (χ4v) is 1.64. The van der Waals surface area contributed by atoms with Crippen LogP contribution in [0.5, 0.6) is 0 Å². The Labute approximate surface area is 109 Å². The molecule has 0 radical (unpaired) electrons. The first-order valence-corrected chi connectivity index (χ1v) is 5.67. The van der Waals surface area contributed by atoms with Gasteiger partial charge in [0.1, 0.15) is 5.82 Å². The van der Waals surface area contributed by atoms with E-state index < -0.39 is 29.3 Å². The molecule has 0 aliphatic carbocycles. The van der Waals surface area contributed by atoms with E-state index in [1.807, 2.05) is 0 Å². The molecule has 0 spiro atoms. The number of methoxy groups -OCH3 is 1. The van der Waals surface area contributed by atoms with Gasteiger partial charge in [-0.05, 0) is 31.5 Å². The summed E-state index contributed by atoms with van der Waals surface area (Å²) in [4.78, 5) is 0. The average Bonchev–Trinajstić information content (AvgIpc) is 2.26. The molecule has 6 heteroatoms. The van der Waals surface area contributed by atoms with Gasteiger partial charge in [0.2, 0.25) is 0 Å². The Bertz CT molecular complexity index is 441. The molecule has 1 N–H and O–H groups in total. The van der Waals surface area contributed by atoms with E-state index in [-0.39, 0.29) is 12.0 Å². The summed E-state index contributed by atoms with van der Waals surface area (Å²) in [6.07, 6.45) is -5.68. The van der Waals surface area contributed by atoms with Crippen LogP contribution in [-0.2, 0) is 10.9 Å². The smallest absolute Gasteiger partial charge is 0.388 e. The zero-order valence-corrected chi connectivity index (χ0v) is 10.9. The predicted molar refractivity (Wildman–Crippen MR) is 62.1 cm³/mol. The first-order chi connectivity index (χ1) is 8.57. The largest absolute Gasteiger partial charge is 0.419 e. The van der Waals surface area contributed by atoms with Crippen molar-refractivity contribution in [1.29, 1.82) is 0 Å². The van der Waals surface area contributed by atoms with Crippen molar-refractivity contribution in [2.24, 2.45) is 0 Å². The second-order valence-electron chi connectivity index (χ2n) is 4.92. The van der Waals surface area contributed by atoms with Crippen molar-refractivity contribution in [2.45, 2.75) is 38.1 Å². The van der Waals surface area contributed by atoms with E-state index in [0.717, 1.165) is 6.07 Å². The van der Waals surface area contributed by atoms with E-state index >= 15 is 0 Å². The van der Waals surface area contributed by atoms with Gasteiger partial charge in [-0.2, -0.15) is 13.2 Å². The van der Waals surface area contributed by atoms with Gasteiger partial charge in [0.05, 0.1) is 17.3 Å². The van der Waals surface area contributed by atoms with E-state index in [2.05, 4.69) is 0 Å². The lowest BCUT2D eigenvalue weighted by molar-refractivity contribution is -0.140. The monoisotopic (exact) mass is 280 g/mol. The van der Waals surface area contributed by atoms with Crippen LogP contribution in [-0.4, -0.2) is 17.8 Å². The molecule has 19 heavy (non-hydrogen) atoms. The number of halogens is 4. The Morgan fingerprint density at radius 1 is 1.26 bits per heavy atom. The van der Waals surface area contributed by atoms with Crippen molar-refractivity contribution in [2.75, 3.05) is 7.11 Å². The number of alkyl halides is 3. The van der Waals surface area contributed by atoms with Gasteiger partial charge in [-0.1, -0.05) is 6.07 Å². The third-order valence-corrected chi connectivity index (χ3v) is 2.92. The fourth-order valence-electron chi connectivity index (χ4n) is 1.64. The zero-order valence-electron chi connectivity index (χ0n) is 10.9. The standard InChI is InChI=1S/C13H16F4O2/c1-12(2,19-3)7-11(18)8-4-5-9(10(14)6-8)13(15,16)17/h4-6,11,18H,7H2,1-3H3. The molecule has 1 unspecified atom stereocenters. The van der Waals surface area contributed by atoms with Crippen LogP contribution in [0.4, 0.5) is 17.6 Å². The molecule has 0 aromatic heterocycles. The molecule has 1 rings (SSSR count). The third-order valence-electron chi connectivity index (χ3n) is 2.92. The second-order valence-corrected chi connectivity index (χ2v) is 4.92. The van der Waals surface area contributed by atoms with Crippen molar-refractivity contribution < 1.29 is 27.4 Å². The third kappa shape index (κ3) is 4.18. The number of rotatable bonds is 4. The number of hydrogen-bond donors (Lipinski definition) is 1. The van der Waals surface area contributed by atoms with Crippen molar-refractivity contribution in [1.82, 2.24) is 0 Å². The molecule has 0 saturated carbocycles. The van der Waals surface area contributed by atoms with Gasteiger partial charge in [-0.25, -0.2) is 4.39 Å². The summed E-state index contributed by atoms with van der Waals surface area (Å²) in [6, 6.07) is 2.41. The maximum absolute atomic E-state index is 13.4. The number of benzene rings is 1. The summed E-state index contributed by atoms with van der Waals surface area (Å²) in [5.74, 6) is -1.39. The summed E-state index contributed by atoms with van der Waals surface area (Å²) in [5, 5.41) is 9.88. The van der Waals surface area contributed by atoms with Crippen molar-refractivity contribution in [3.8, 4) is 0 Å². The normalized spacial score (nSPS) is 14.5. The first kappa shape index (κ1) is 15.9. The molecule has 1 aromatic rings. The zero-order chi connectivity index (χ0) is 14.8. The van der Waals surface area contributed by atoms with Gasteiger partial charge >= 0.3 is 6.18 Å². The minimum Gasteiger partial charge on any atom is -0.388 e. The highest BCUT2D eigenvalue weighted by Gasteiger charge is 2.34. The van der Waals surface area contributed by atoms with Crippen LogP contribution in [0.3, 0.4) is 0 Å². The minimum atomic E-state index is -4.74. The topological polar surface area (TPSA) is 29.5 Å². The Kier molecular flexibility index (Phi) is 4.58. The molecule has 0 saturated heterocycles. The van der Waals surface area contributed by atoms with Crippen LogP contribution in [0.25, 0.3) is 0 Å². The number of ether oxygens (including phenoxy) is 1. The summed E-state index contributed by atoms with van der Waals surface area (Å²) in [7, 11) is 1.46. The lowest BCUT2D eigenvalue weighted by Crippen LogP contribution is -2.25. The van der Waals surface area contributed by atoms with Crippen molar-refractivity contribution in [3.63, 3.8) is 0 Å². The maximum atomic E-state index is 13.4. The molecule has 108 valence electrons. The van der Waals surface area contributed by atoms with Gasteiger partial charge < -0.3 is 9.84 Å². The highest BCUT2D eigenvalue weighted by molar-refractivity contribution is 5.28. The highest BCUT2D eigenvalue weighted by atomic mass is 19.4. The van der Waals surface area contributed by atoms with Crippen LogP contribution >= 0.6 is 0 Å². The summed E-state index contributed by atoms with van der Waals surface area (Å²) in [6.45, 7) is 3.44. The van der Waals surface area contributed by atoms with Gasteiger partial charge in [0.15, 0.2) is 0 Å². The van der Waals surface area contributed by atoms with Gasteiger partial charge in [0, 0.05) is 13.5 Å². The molecule has 1 atom stereocenters. The SMILES string of the molecule is COC(C)(C)CC(O)c1ccc(C(F)(F)F)c(F)c1. The predicted octanol–water partition coefficient (Wildman–Crippen LogP) is 3.69. The molecule has 0 heterocycles. The van der Waals surface area contributed by atoms with Crippen molar-refractivity contribution >= 4 is 0 Å². The molecular weight excluding hydrogens is 264 g/mol. The van der Waals surface area contributed by atoms with Crippen LogP contribution in [0.2, 0.25) is 0 Å². The second kappa shape index (κ2) is 5.46. The van der Waals surface area contributed by atoms with Gasteiger partial charge in [-0.3, -0.25) is 0 Å². The van der Waals surface area contributed by atoms with Gasteiger partial charge in [-0.15, -0.1) is 0 Å². The molecule has 0 bridgehead atoms. The average molecular weight is 280 g/mol. The Morgan fingerprint density at radius 2 is 1.84 bits per heavy atom. The number of aliphatic hydroxyl groups excluding tert-OH is 1. The molecule has 0 fully saturated rings. The molecule has 0 aliphatic heterocycles. The van der Waals surface area contributed by atoms with E-state index in [9.17, 15) is 22.7 Å². The lowest BCUT2D eigenvalue weighted by Gasteiger charge is -2.26. The number of aliphatic hydroxyl groups is 1. The van der Waals surface area contributed by atoms with Crippen LogP contribution in [0.15, 0.2) is 18.2 Å². The summed E-state index contributed by atoms with van der Waals surface area (Å²) in [5.41, 5.74) is -1.90. The molecular formula is C13H16F4O2. The van der Waals surface area contributed by atoms with Gasteiger partial charge in [0.25, 0.3) is 0 Å². The minimum absolute atomic E-state index is 0.0932. The van der Waals surface area contributed by atoms with E-state index in [1.165, 1.54) is 7.11 Å². The Morgan fingerprint density at radius 3 is 2.26 bits per heavy atom. The van der Waals surface area contributed by atoms with Crippen LogP contribution < -0.4 is 0 Å². The Hall–Kier alpha value is -1.14. The number of hydrogen-bond acceptors (Lipinski definition) is 2. The first-order valence-electron chi connectivity index (χ1n) is 5.67. The van der Waals surface area contributed by atoms with E-state index in [0.29, 0.717) is 12.1 Å². The van der Waals surface area contributed by atoms with E-state index in [4.69, 9.17) is 4.74 Å². The highest BCUT2D eigenvalue weighted by Crippen LogP contribution is 2.33. The van der Waals surface area contributed by atoms with Crippen LogP contribution in [0, 0.1) is 5.82 Å².